The lowest BCUT2D eigenvalue weighted by atomic mass is 10.0. The Kier molecular flexibility index (Phi) is 6.97. The van der Waals surface area contributed by atoms with Crippen molar-refractivity contribution in [2.24, 2.45) is 11.7 Å². The highest BCUT2D eigenvalue weighted by Crippen LogP contribution is 2.41. The minimum absolute atomic E-state index is 0.0279. The zero-order valence-electron chi connectivity index (χ0n) is 14.7. The molecule has 144 valence electrons. The van der Waals surface area contributed by atoms with Crippen LogP contribution in [0.5, 0.6) is 5.75 Å². The van der Waals surface area contributed by atoms with Crippen LogP contribution in [0.1, 0.15) is 24.4 Å². The SMILES string of the molecule is COc1ccc(C(NC(=O)CSc2nnc(SCC(N)=O)s2)C2CC2)cc1. The van der Waals surface area contributed by atoms with Crippen molar-refractivity contribution in [2.75, 3.05) is 18.6 Å². The quantitative estimate of drug-likeness (QED) is 0.564. The Morgan fingerprint density at radius 3 is 2.41 bits per heavy atom. The number of nitrogens with two attached hydrogens (primary N) is 1. The number of aromatic nitrogens is 2. The highest BCUT2D eigenvalue weighted by atomic mass is 32.2. The van der Waals surface area contributed by atoms with E-state index in [9.17, 15) is 9.59 Å². The molecule has 3 N–H and O–H groups in total. The predicted molar refractivity (Wildman–Crippen MR) is 107 cm³/mol. The Bertz CT molecular complexity index is 793. The minimum Gasteiger partial charge on any atom is -0.497 e. The summed E-state index contributed by atoms with van der Waals surface area (Å²) < 4.78 is 6.57. The zero-order chi connectivity index (χ0) is 19.2. The highest BCUT2D eigenvalue weighted by molar-refractivity contribution is 8.03. The zero-order valence-corrected chi connectivity index (χ0v) is 17.2. The van der Waals surface area contributed by atoms with Crippen molar-refractivity contribution in [1.82, 2.24) is 15.5 Å². The number of hydrogen-bond acceptors (Lipinski definition) is 8. The average molecular weight is 425 g/mol. The van der Waals surface area contributed by atoms with Crippen molar-refractivity contribution in [3.8, 4) is 5.75 Å². The lowest BCUT2D eigenvalue weighted by Gasteiger charge is -2.19. The maximum Gasteiger partial charge on any atom is 0.230 e. The molecule has 7 nitrogen and oxygen atoms in total. The minimum atomic E-state index is -0.395. The molecule has 10 heteroatoms. The summed E-state index contributed by atoms with van der Waals surface area (Å²) >= 11 is 3.95. The number of thioether (sulfide) groups is 2. The number of carbonyl (C=O) groups is 2. The molecule has 1 saturated carbocycles. The maximum atomic E-state index is 12.4. The molecule has 1 heterocycles. The van der Waals surface area contributed by atoms with E-state index in [-0.39, 0.29) is 23.5 Å². The summed E-state index contributed by atoms with van der Waals surface area (Å²) in [5.74, 6) is 1.31. The third-order valence-corrected chi connectivity index (χ3v) is 7.15. The van der Waals surface area contributed by atoms with E-state index in [1.165, 1.54) is 34.9 Å². The summed E-state index contributed by atoms with van der Waals surface area (Å²) in [6.07, 6.45) is 2.25. The molecule has 0 saturated heterocycles. The Balaban J connectivity index is 1.51. The molecule has 27 heavy (non-hydrogen) atoms. The van der Waals surface area contributed by atoms with Gasteiger partial charge in [0.15, 0.2) is 8.68 Å². The fourth-order valence-electron chi connectivity index (χ4n) is 2.50. The Morgan fingerprint density at radius 1 is 1.22 bits per heavy atom. The number of amides is 2. The van der Waals surface area contributed by atoms with Gasteiger partial charge < -0.3 is 15.8 Å². The molecule has 3 rings (SSSR count). The van der Waals surface area contributed by atoms with Gasteiger partial charge in [0, 0.05) is 0 Å². The van der Waals surface area contributed by atoms with Crippen molar-refractivity contribution < 1.29 is 14.3 Å². The molecule has 1 atom stereocenters. The van der Waals surface area contributed by atoms with Crippen molar-refractivity contribution in [3.05, 3.63) is 29.8 Å². The van der Waals surface area contributed by atoms with E-state index in [2.05, 4.69) is 15.5 Å². The Morgan fingerprint density at radius 2 is 1.85 bits per heavy atom. The monoisotopic (exact) mass is 424 g/mol. The second-order valence-electron chi connectivity index (χ2n) is 6.03. The lowest BCUT2D eigenvalue weighted by Crippen LogP contribution is -2.31. The van der Waals surface area contributed by atoms with Gasteiger partial charge in [-0.25, -0.2) is 0 Å². The van der Waals surface area contributed by atoms with Gasteiger partial charge >= 0.3 is 0 Å². The molecular weight excluding hydrogens is 404 g/mol. The standard InChI is InChI=1S/C17H20N4O3S3/c1-24-12-6-4-11(5-7-12)15(10-2-3-10)19-14(23)9-26-17-21-20-16(27-17)25-8-13(18)22/h4-7,10,15H,2-3,8-9H2,1H3,(H2,18,22)(H,19,23). The topological polar surface area (TPSA) is 107 Å². The van der Waals surface area contributed by atoms with Gasteiger partial charge in [0.1, 0.15) is 5.75 Å². The number of carbonyl (C=O) groups excluding carboxylic acids is 2. The number of ether oxygens (including phenoxy) is 1. The van der Waals surface area contributed by atoms with Gasteiger partial charge in [-0.15, -0.1) is 10.2 Å². The van der Waals surface area contributed by atoms with E-state index in [1.54, 1.807) is 7.11 Å². The fourth-order valence-corrected chi connectivity index (χ4v) is 5.07. The van der Waals surface area contributed by atoms with Gasteiger partial charge in [0.05, 0.1) is 24.7 Å². The molecule has 1 aliphatic carbocycles. The largest absolute Gasteiger partial charge is 0.497 e. The first-order chi connectivity index (χ1) is 13.0. The van der Waals surface area contributed by atoms with E-state index < -0.39 is 5.91 Å². The average Bonchev–Trinajstić information content (AvgIpc) is 3.41. The molecule has 0 spiro atoms. The summed E-state index contributed by atoms with van der Waals surface area (Å²) in [4.78, 5) is 23.2. The predicted octanol–water partition coefficient (Wildman–Crippen LogP) is 2.48. The number of rotatable bonds is 10. The third-order valence-electron chi connectivity index (χ3n) is 3.94. The molecule has 1 aliphatic rings. The van der Waals surface area contributed by atoms with Gasteiger partial charge in [0.25, 0.3) is 0 Å². The van der Waals surface area contributed by atoms with Crippen LogP contribution in [0.2, 0.25) is 0 Å². The molecular formula is C17H20N4O3S3. The van der Waals surface area contributed by atoms with E-state index in [0.29, 0.717) is 14.6 Å². The highest BCUT2D eigenvalue weighted by Gasteiger charge is 2.33. The smallest absolute Gasteiger partial charge is 0.230 e. The lowest BCUT2D eigenvalue weighted by molar-refractivity contribution is -0.119. The molecule has 1 fully saturated rings. The fraction of sp³-hybridized carbons (Fsp3) is 0.412. The van der Waals surface area contributed by atoms with Crippen molar-refractivity contribution >= 4 is 46.7 Å². The third kappa shape index (κ3) is 6.12. The number of primary amides is 1. The molecule has 2 aromatic rings. The van der Waals surface area contributed by atoms with Crippen LogP contribution in [0.25, 0.3) is 0 Å². The van der Waals surface area contributed by atoms with E-state index in [0.717, 1.165) is 24.2 Å². The number of methoxy groups -OCH3 is 1. The van der Waals surface area contributed by atoms with Crippen LogP contribution in [0, 0.1) is 5.92 Å². The molecule has 1 aromatic heterocycles. The second kappa shape index (κ2) is 9.43. The number of hydrogen-bond donors (Lipinski definition) is 2. The Hall–Kier alpha value is -1.78. The molecule has 2 amide bonds. The summed E-state index contributed by atoms with van der Waals surface area (Å²) in [5.41, 5.74) is 6.21. The van der Waals surface area contributed by atoms with Crippen LogP contribution in [0.4, 0.5) is 0 Å². The van der Waals surface area contributed by atoms with Gasteiger partial charge in [0.2, 0.25) is 11.8 Å². The molecule has 0 bridgehead atoms. The summed E-state index contributed by atoms with van der Waals surface area (Å²) in [6, 6.07) is 7.86. The molecule has 0 aliphatic heterocycles. The first-order valence-corrected chi connectivity index (χ1v) is 11.1. The van der Waals surface area contributed by atoms with E-state index in [1.807, 2.05) is 24.3 Å². The van der Waals surface area contributed by atoms with E-state index in [4.69, 9.17) is 10.5 Å². The maximum absolute atomic E-state index is 12.4. The van der Waals surface area contributed by atoms with Crippen molar-refractivity contribution in [3.63, 3.8) is 0 Å². The number of nitrogens with zero attached hydrogens (tertiary/aromatic N) is 2. The van der Waals surface area contributed by atoms with Crippen LogP contribution in [0.15, 0.2) is 32.9 Å². The number of nitrogens with one attached hydrogen (secondary N) is 1. The summed E-state index contributed by atoms with van der Waals surface area (Å²) in [6.45, 7) is 0. The van der Waals surface area contributed by atoms with Crippen LogP contribution in [-0.4, -0.2) is 40.6 Å². The first-order valence-electron chi connectivity index (χ1n) is 8.36. The molecule has 0 radical (unpaired) electrons. The number of benzene rings is 1. The van der Waals surface area contributed by atoms with Gasteiger partial charge in [-0.3, -0.25) is 9.59 Å². The van der Waals surface area contributed by atoms with Gasteiger partial charge in [-0.1, -0.05) is 47.0 Å². The van der Waals surface area contributed by atoms with Crippen LogP contribution in [0.3, 0.4) is 0 Å². The molecule has 1 aromatic carbocycles. The molecule has 1 unspecified atom stereocenters. The second-order valence-corrected chi connectivity index (χ2v) is 9.46. The normalized spacial score (nSPS) is 14.6. The van der Waals surface area contributed by atoms with Gasteiger partial charge in [-0.2, -0.15) is 0 Å². The first kappa shape index (κ1) is 20.0. The summed E-state index contributed by atoms with van der Waals surface area (Å²) in [5, 5.41) is 11.2. The van der Waals surface area contributed by atoms with Crippen molar-refractivity contribution in [1.29, 1.82) is 0 Å². The summed E-state index contributed by atoms with van der Waals surface area (Å²) in [7, 11) is 1.64. The van der Waals surface area contributed by atoms with Crippen LogP contribution >= 0.6 is 34.9 Å². The van der Waals surface area contributed by atoms with Crippen LogP contribution < -0.4 is 15.8 Å². The van der Waals surface area contributed by atoms with Gasteiger partial charge in [-0.05, 0) is 36.5 Å². The van der Waals surface area contributed by atoms with E-state index >= 15 is 0 Å². The van der Waals surface area contributed by atoms with Crippen molar-refractivity contribution in [2.45, 2.75) is 27.6 Å². The Labute approximate surface area is 169 Å². The van der Waals surface area contributed by atoms with Crippen LogP contribution in [-0.2, 0) is 9.59 Å².